The van der Waals surface area contributed by atoms with Gasteiger partial charge in [0.15, 0.2) is 0 Å². The molecule has 0 saturated carbocycles. The van der Waals surface area contributed by atoms with E-state index in [9.17, 15) is 9.90 Å². The van der Waals surface area contributed by atoms with Gasteiger partial charge in [-0.25, -0.2) is 0 Å². The number of amides is 1. The number of nitrogens with one attached hydrogen (secondary N) is 1. The molecule has 2 N–H and O–H groups in total. The molecule has 1 fully saturated rings. The van der Waals surface area contributed by atoms with Gasteiger partial charge in [0.2, 0.25) is 0 Å². The number of likely N-dealkylation sites (tertiary alicyclic amines) is 1. The molecule has 1 aromatic carbocycles. The highest BCUT2D eigenvalue weighted by molar-refractivity contribution is 5.98. The van der Waals surface area contributed by atoms with Crippen molar-refractivity contribution in [2.75, 3.05) is 13.2 Å². The molecule has 18 heavy (non-hydrogen) atoms. The van der Waals surface area contributed by atoms with E-state index in [0.29, 0.717) is 5.69 Å². The minimum atomic E-state index is -0.0242. The van der Waals surface area contributed by atoms with E-state index in [1.54, 1.807) is 4.90 Å². The second-order valence-corrected chi connectivity index (χ2v) is 4.75. The van der Waals surface area contributed by atoms with Crippen molar-refractivity contribution in [1.82, 2.24) is 9.88 Å². The minimum absolute atomic E-state index is 0.0113. The number of benzene rings is 1. The lowest BCUT2D eigenvalue weighted by Gasteiger charge is -2.22. The third-order valence-corrected chi connectivity index (χ3v) is 3.61. The second kappa shape index (κ2) is 4.46. The fraction of sp³-hybridized carbons (Fsp3) is 0.357. The molecule has 0 radical (unpaired) electrons. The number of aromatic amines is 1. The van der Waals surface area contributed by atoms with Crippen molar-refractivity contribution in [2.45, 2.75) is 18.9 Å². The molecule has 1 saturated heterocycles. The third-order valence-electron chi connectivity index (χ3n) is 3.61. The highest BCUT2D eigenvalue weighted by Gasteiger charge is 2.29. The largest absolute Gasteiger partial charge is 0.394 e. The van der Waals surface area contributed by atoms with E-state index < -0.39 is 0 Å². The second-order valence-electron chi connectivity index (χ2n) is 4.75. The van der Waals surface area contributed by atoms with Gasteiger partial charge in [0.05, 0.1) is 12.6 Å². The molecule has 1 amide bonds. The topological polar surface area (TPSA) is 56.3 Å². The molecule has 0 aliphatic carbocycles. The van der Waals surface area contributed by atoms with E-state index in [1.807, 2.05) is 30.3 Å². The summed E-state index contributed by atoms with van der Waals surface area (Å²) in [4.78, 5) is 17.3. The molecule has 1 unspecified atom stereocenters. The van der Waals surface area contributed by atoms with Gasteiger partial charge in [-0.3, -0.25) is 4.79 Å². The van der Waals surface area contributed by atoms with Crippen molar-refractivity contribution < 1.29 is 9.90 Å². The maximum atomic E-state index is 12.4. The number of carbonyl (C=O) groups is 1. The SMILES string of the molecule is O=C(c1cc2ccccc2[nH]1)N1CCCC1CO. The van der Waals surface area contributed by atoms with Gasteiger partial charge in [-0.1, -0.05) is 18.2 Å². The van der Waals surface area contributed by atoms with Gasteiger partial charge in [-0.2, -0.15) is 0 Å². The summed E-state index contributed by atoms with van der Waals surface area (Å²) < 4.78 is 0. The van der Waals surface area contributed by atoms with Crippen molar-refractivity contribution in [1.29, 1.82) is 0 Å². The average Bonchev–Trinajstić information content (AvgIpc) is 3.03. The van der Waals surface area contributed by atoms with Crippen molar-refractivity contribution >= 4 is 16.8 Å². The number of nitrogens with zero attached hydrogens (tertiary/aromatic N) is 1. The Morgan fingerprint density at radius 3 is 3.06 bits per heavy atom. The van der Waals surface area contributed by atoms with Crippen molar-refractivity contribution in [3.05, 3.63) is 36.0 Å². The van der Waals surface area contributed by atoms with Crippen LogP contribution >= 0.6 is 0 Å². The molecule has 1 aromatic heterocycles. The summed E-state index contributed by atoms with van der Waals surface area (Å²) in [5, 5.41) is 10.3. The summed E-state index contributed by atoms with van der Waals surface area (Å²) in [6.07, 6.45) is 1.86. The lowest BCUT2D eigenvalue weighted by molar-refractivity contribution is 0.0672. The number of aliphatic hydroxyl groups excluding tert-OH is 1. The monoisotopic (exact) mass is 244 g/mol. The van der Waals surface area contributed by atoms with Crippen LogP contribution in [-0.4, -0.2) is 40.1 Å². The van der Waals surface area contributed by atoms with Gasteiger partial charge < -0.3 is 15.0 Å². The number of hydrogen-bond donors (Lipinski definition) is 2. The number of para-hydroxylation sites is 1. The first-order valence-corrected chi connectivity index (χ1v) is 6.29. The Bertz CT molecular complexity index is 543. The highest BCUT2D eigenvalue weighted by atomic mass is 16.3. The number of hydrogen-bond acceptors (Lipinski definition) is 2. The van der Waals surface area contributed by atoms with E-state index in [2.05, 4.69) is 4.98 Å². The van der Waals surface area contributed by atoms with Gasteiger partial charge in [0, 0.05) is 17.4 Å². The van der Waals surface area contributed by atoms with E-state index >= 15 is 0 Å². The molecule has 0 bridgehead atoms. The van der Waals surface area contributed by atoms with E-state index in [0.717, 1.165) is 30.3 Å². The zero-order chi connectivity index (χ0) is 12.5. The predicted octanol–water partition coefficient (Wildman–Crippen LogP) is 1.76. The Morgan fingerprint density at radius 1 is 1.44 bits per heavy atom. The molecular formula is C14H16N2O2. The first kappa shape index (κ1) is 11.3. The van der Waals surface area contributed by atoms with Crippen LogP contribution in [0.1, 0.15) is 23.3 Å². The molecule has 4 heteroatoms. The lowest BCUT2D eigenvalue weighted by Crippen LogP contribution is -2.37. The van der Waals surface area contributed by atoms with Crippen LogP contribution in [0.5, 0.6) is 0 Å². The van der Waals surface area contributed by atoms with Crippen LogP contribution in [0.2, 0.25) is 0 Å². The van der Waals surface area contributed by atoms with Crippen LogP contribution < -0.4 is 0 Å². The van der Waals surface area contributed by atoms with Crippen LogP contribution in [0.3, 0.4) is 0 Å². The molecular weight excluding hydrogens is 228 g/mol. The number of carbonyl (C=O) groups excluding carboxylic acids is 1. The molecule has 1 atom stereocenters. The smallest absolute Gasteiger partial charge is 0.270 e. The van der Waals surface area contributed by atoms with Crippen LogP contribution in [0.4, 0.5) is 0 Å². The summed E-state index contributed by atoms with van der Waals surface area (Å²) in [7, 11) is 0. The lowest BCUT2D eigenvalue weighted by atomic mass is 10.2. The first-order chi connectivity index (χ1) is 8.79. The van der Waals surface area contributed by atoms with E-state index in [1.165, 1.54) is 0 Å². The normalized spacial score (nSPS) is 19.6. The third kappa shape index (κ3) is 1.78. The van der Waals surface area contributed by atoms with Gasteiger partial charge in [-0.15, -0.1) is 0 Å². The minimum Gasteiger partial charge on any atom is -0.394 e. The van der Waals surface area contributed by atoms with Crippen molar-refractivity contribution in [2.24, 2.45) is 0 Å². The first-order valence-electron chi connectivity index (χ1n) is 6.29. The molecule has 94 valence electrons. The fourth-order valence-electron chi connectivity index (χ4n) is 2.64. The number of rotatable bonds is 2. The van der Waals surface area contributed by atoms with Crippen LogP contribution in [0.15, 0.2) is 30.3 Å². The Morgan fingerprint density at radius 2 is 2.28 bits per heavy atom. The molecule has 3 rings (SSSR count). The fourth-order valence-corrected chi connectivity index (χ4v) is 2.64. The van der Waals surface area contributed by atoms with Gasteiger partial charge >= 0.3 is 0 Å². The van der Waals surface area contributed by atoms with Gasteiger partial charge in [-0.05, 0) is 25.0 Å². The Hall–Kier alpha value is -1.81. The molecule has 0 spiro atoms. The van der Waals surface area contributed by atoms with Crippen molar-refractivity contribution in [3.8, 4) is 0 Å². The molecule has 4 nitrogen and oxygen atoms in total. The maximum absolute atomic E-state index is 12.4. The van der Waals surface area contributed by atoms with Gasteiger partial charge in [0.25, 0.3) is 5.91 Å². The molecule has 2 aromatic rings. The van der Waals surface area contributed by atoms with Crippen LogP contribution in [0, 0.1) is 0 Å². The zero-order valence-corrected chi connectivity index (χ0v) is 10.1. The molecule has 1 aliphatic rings. The standard InChI is InChI=1S/C14H16N2O2/c17-9-11-5-3-7-16(11)14(18)13-8-10-4-1-2-6-12(10)15-13/h1-2,4,6,8,11,15,17H,3,5,7,9H2. The average molecular weight is 244 g/mol. The summed E-state index contributed by atoms with van der Waals surface area (Å²) in [6, 6.07) is 9.69. The Balaban J connectivity index is 1.91. The molecule has 2 heterocycles. The van der Waals surface area contributed by atoms with E-state index in [-0.39, 0.29) is 18.6 Å². The zero-order valence-electron chi connectivity index (χ0n) is 10.1. The van der Waals surface area contributed by atoms with Gasteiger partial charge in [0.1, 0.15) is 5.69 Å². The Kier molecular flexibility index (Phi) is 2.80. The highest BCUT2D eigenvalue weighted by Crippen LogP contribution is 2.21. The Labute approximate surface area is 105 Å². The number of aliphatic hydroxyl groups is 1. The number of aromatic nitrogens is 1. The summed E-state index contributed by atoms with van der Waals surface area (Å²) in [6.45, 7) is 0.783. The van der Waals surface area contributed by atoms with Crippen molar-refractivity contribution in [3.63, 3.8) is 0 Å². The maximum Gasteiger partial charge on any atom is 0.270 e. The number of H-pyrrole nitrogens is 1. The summed E-state index contributed by atoms with van der Waals surface area (Å²) in [5.41, 5.74) is 1.58. The van der Waals surface area contributed by atoms with Crippen LogP contribution in [-0.2, 0) is 0 Å². The number of fused-ring (bicyclic) bond motifs is 1. The summed E-state index contributed by atoms with van der Waals surface area (Å²) in [5.74, 6) is -0.0113. The quantitative estimate of drug-likeness (QED) is 0.845. The predicted molar refractivity (Wildman–Crippen MR) is 69.4 cm³/mol. The van der Waals surface area contributed by atoms with E-state index in [4.69, 9.17) is 0 Å². The van der Waals surface area contributed by atoms with Crippen LogP contribution in [0.25, 0.3) is 10.9 Å². The summed E-state index contributed by atoms with van der Waals surface area (Å²) >= 11 is 0. The molecule has 1 aliphatic heterocycles.